The predicted molar refractivity (Wildman–Crippen MR) is 55.0 cm³/mol. The molecule has 1 aromatic carbocycles. The Morgan fingerprint density at radius 1 is 1.33 bits per heavy atom. The standard InChI is InChI=1S/C11H14O4/c1-6(11(14)15)3-8-4-9(12)7(2)10(13)5-8/h4-6,12-13H,3H2,1-2H3,(H,14,15). The third-order valence-corrected chi connectivity index (χ3v) is 2.38. The maximum Gasteiger partial charge on any atom is 0.306 e. The maximum absolute atomic E-state index is 10.6. The van der Waals surface area contributed by atoms with Crippen LogP contribution >= 0.6 is 0 Å². The van der Waals surface area contributed by atoms with E-state index in [1.54, 1.807) is 13.8 Å². The van der Waals surface area contributed by atoms with Crippen LogP contribution in [0, 0.1) is 12.8 Å². The lowest BCUT2D eigenvalue weighted by atomic mass is 9.99. The number of carbonyl (C=O) groups is 1. The number of aromatic hydroxyl groups is 2. The molecule has 82 valence electrons. The molecule has 4 nitrogen and oxygen atoms in total. The molecule has 0 aliphatic rings. The van der Waals surface area contributed by atoms with Crippen molar-refractivity contribution in [2.45, 2.75) is 20.3 Å². The van der Waals surface area contributed by atoms with Crippen molar-refractivity contribution in [3.63, 3.8) is 0 Å². The summed E-state index contributed by atoms with van der Waals surface area (Å²) in [5, 5.41) is 27.6. The van der Waals surface area contributed by atoms with Crippen molar-refractivity contribution in [2.24, 2.45) is 5.92 Å². The van der Waals surface area contributed by atoms with Gasteiger partial charge in [0.25, 0.3) is 0 Å². The summed E-state index contributed by atoms with van der Waals surface area (Å²) >= 11 is 0. The van der Waals surface area contributed by atoms with Crippen LogP contribution in [-0.2, 0) is 11.2 Å². The molecule has 0 aliphatic carbocycles. The van der Waals surface area contributed by atoms with Gasteiger partial charge in [-0.3, -0.25) is 4.79 Å². The Balaban J connectivity index is 2.92. The molecular formula is C11H14O4. The van der Waals surface area contributed by atoms with Crippen molar-refractivity contribution in [2.75, 3.05) is 0 Å². The van der Waals surface area contributed by atoms with Gasteiger partial charge in [0.2, 0.25) is 0 Å². The number of benzene rings is 1. The monoisotopic (exact) mass is 210 g/mol. The van der Waals surface area contributed by atoms with Crippen LogP contribution in [0.4, 0.5) is 0 Å². The van der Waals surface area contributed by atoms with Crippen molar-refractivity contribution in [3.8, 4) is 11.5 Å². The smallest absolute Gasteiger partial charge is 0.306 e. The number of rotatable bonds is 3. The molecule has 1 aromatic rings. The fourth-order valence-electron chi connectivity index (χ4n) is 1.30. The molecule has 0 bridgehead atoms. The summed E-state index contributed by atoms with van der Waals surface area (Å²) in [5.74, 6) is -1.45. The van der Waals surface area contributed by atoms with Crippen molar-refractivity contribution in [1.82, 2.24) is 0 Å². The first kappa shape index (κ1) is 11.4. The van der Waals surface area contributed by atoms with Gasteiger partial charge in [-0.25, -0.2) is 0 Å². The SMILES string of the molecule is Cc1c(O)cc(CC(C)C(=O)O)cc1O. The summed E-state index contributed by atoms with van der Waals surface area (Å²) < 4.78 is 0. The second-order valence-electron chi connectivity index (χ2n) is 3.70. The molecule has 1 unspecified atom stereocenters. The van der Waals surface area contributed by atoms with E-state index in [1.165, 1.54) is 12.1 Å². The third-order valence-electron chi connectivity index (χ3n) is 2.38. The molecule has 0 aliphatic heterocycles. The second kappa shape index (κ2) is 4.21. The van der Waals surface area contributed by atoms with Crippen LogP contribution in [0.5, 0.6) is 11.5 Å². The first-order valence-corrected chi connectivity index (χ1v) is 4.66. The molecule has 0 saturated carbocycles. The number of carboxylic acid groups (broad SMARTS) is 1. The third kappa shape index (κ3) is 2.62. The topological polar surface area (TPSA) is 77.8 Å². The summed E-state index contributed by atoms with van der Waals surface area (Å²) in [5.41, 5.74) is 1.02. The van der Waals surface area contributed by atoms with Crippen LogP contribution in [0.15, 0.2) is 12.1 Å². The minimum Gasteiger partial charge on any atom is -0.508 e. The number of phenolic OH excluding ortho intramolecular Hbond substituents is 2. The highest BCUT2D eigenvalue weighted by atomic mass is 16.4. The zero-order chi connectivity index (χ0) is 11.6. The van der Waals surface area contributed by atoms with Crippen molar-refractivity contribution in [1.29, 1.82) is 0 Å². The van der Waals surface area contributed by atoms with E-state index in [1.807, 2.05) is 0 Å². The van der Waals surface area contributed by atoms with Crippen LogP contribution in [0.1, 0.15) is 18.1 Å². The molecular weight excluding hydrogens is 196 g/mol. The Hall–Kier alpha value is -1.71. The average Bonchev–Trinajstić information content (AvgIpc) is 2.13. The van der Waals surface area contributed by atoms with Gasteiger partial charge in [0.15, 0.2) is 0 Å². The average molecular weight is 210 g/mol. The molecule has 0 radical (unpaired) electrons. The molecule has 0 amide bonds. The summed E-state index contributed by atoms with van der Waals surface area (Å²) in [6.07, 6.45) is 0.288. The van der Waals surface area contributed by atoms with Gasteiger partial charge >= 0.3 is 5.97 Å². The highest BCUT2D eigenvalue weighted by Gasteiger charge is 2.13. The van der Waals surface area contributed by atoms with Crippen LogP contribution in [0.25, 0.3) is 0 Å². The van der Waals surface area contributed by atoms with Crippen molar-refractivity contribution < 1.29 is 20.1 Å². The van der Waals surface area contributed by atoms with Gasteiger partial charge in [-0.15, -0.1) is 0 Å². The Morgan fingerprint density at radius 3 is 2.20 bits per heavy atom. The van der Waals surface area contributed by atoms with E-state index in [0.29, 0.717) is 11.1 Å². The molecule has 3 N–H and O–H groups in total. The highest BCUT2D eigenvalue weighted by Crippen LogP contribution is 2.28. The van der Waals surface area contributed by atoms with Gasteiger partial charge in [-0.05, 0) is 31.0 Å². The van der Waals surface area contributed by atoms with E-state index in [9.17, 15) is 15.0 Å². The summed E-state index contributed by atoms with van der Waals surface area (Å²) in [7, 11) is 0. The number of hydrogen-bond acceptors (Lipinski definition) is 3. The van der Waals surface area contributed by atoms with Gasteiger partial charge < -0.3 is 15.3 Å². The maximum atomic E-state index is 10.6. The van der Waals surface area contributed by atoms with Crippen LogP contribution in [0.2, 0.25) is 0 Å². The second-order valence-corrected chi connectivity index (χ2v) is 3.70. The zero-order valence-electron chi connectivity index (χ0n) is 8.69. The van der Waals surface area contributed by atoms with Gasteiger partial charge in [-0.1, -0.05) is 6.92 Å². The Labute approximate surface area is 87.8 Å². The van der Waals surface area contributed by atoms with Crippen molar-refractivity contribution >= 4 is 5.97 Å². The molecule has 15 heavy (non-hydrogen) atoms. The Bertz CT molecular complexity index is 361. The van der Waals surface area contributed by atoms with Crippen LogP contribution in [-0.4, -0.2) is 21.3 Å². The number of phenols is 2. The molecule has 0 fully saturated rings. The minimum atomic E-state index is -0.894. The Kier molecular flexibility index (Phi) is 3.19. The fraction of sp³-hybridized carbons (Fsp3) is 0.364. The number of hydrogen-bond donors (Lipinski definition) is 3. The first-order chi connectivity index (χ1) is 6.91. The van der Waals surface area contributed by atoms with Gasteiger partial charge in [0.1, 0.15) is 11.5 Å². The lowest BCUT2D eigenvalue weighted by Gasteiger charge is -2.09. The largest absolute Gasteiger partial charge is 0.508 e. The molecule has 0 heterocycles. The summed E-state index contributed by atoms with van der Waals surface area (Å²) in [6, 6.07) is 2.96. The quantitative estimate of drug-likeness (QED) is 0.709. The number of aliphatic carboxylic acids is 1. The summed E-state index contributed by atoms with van der Waals surface area (Å²) in [6.45, 7) is 3.17. The van der Waals surface area contributed by atoms with Crippen molar-refractivity contribution in [3.05, 3.63) is 23.3 Å². The molecule has 1 rings (SSSR count). The predicted octanol–water partition coefficient (Wildman–Crippen LogP) is 1.67. The molecule has 1 atom stereocenters. The first-order valence-electron chi connectivity index (χ1n) is 4.66. The van der Waals surface area contributed by atoms with E-state index in [2.05, 4.69) is 0 Å². The minimum absolute atomic E-state index is 0.0115. The fourth-order valence-corrected chi connectivity index (χ4v) is 1.30. The van der Waals surface area contributed by atoms with E-state index >= 15 is 0 Å². The van der Waals surface area contributed by atoms with Crippen LogP contribution < -0.4 is 0 Å². The van der Waals surface area contributed by atoms with Gasteiger partial charge in [0.05, 0.1) is 5.92 Å². The van der Waals surface area contributed by atoms with E-state index in [4.69, 9.17) is 5.11 Å². The lowest BCUT2D eigenvalue weighted by molar-refractivity contribution is -0.141. The zero-order valence-corrected chi connectivity index (χ0v) is 8.69. The highest BCUT2D eigenvalue weighted by molar-refractivity contribution is 5.70. The summed E-state index contributed by atoms with van der Waals surface area (Å²) in [4.78, 5) is 10.6. The molecule has 0 spiro atoms. The molecule has 4 heteroatoms. The molecule has 0 aromatic heterocycles. The van der Waals surface area contributed by atoms with Gasteiger partial charge in [-0.2, -0.15) is 0 Å². The normalized spacial score (nSPS) is 12.4. The van der Waals surface area contributed by atoms with Crippen LogP contribution in [0.3, 0.4) is 0 Å². The van der Waals surface area contributed by atoms with E-state index in [0.717, 1.165) is 0 Å². The number of carboxylic acids is 1. The van der Waals surface area contributed by atoms with E-state index in [-0.39, 0.29) is 17.9 Å². The Morgan fingerprint density at radius 2 is 1.80 bits per heavy atom. The lowest BCUT2D eigenvalue weighted by Crippen LogP contribution is -2.12. The van der Waals surface area contributed by atoms with E-state index < -0.39 is 11.9 Å². The van der Waals surface area contributed by atoms with Gasteiger partial charge in [0, 0.05) is 5.56 Å². The molecule has 0 saturated heterocycles.